The van der Waals surface area contributed by atoms with Crippen LogP contribution in [0.5, 0.6) is 0 Å². The number of anilines is 1. The van der Waals surface area contributed by atoms with E-state index in [2.05, 4.69) is 17.9 Å². The Morgan fingerprint density at radius 3 is 2.56 bits per heavy atom. The highest BCUT2D eigenvalue weighted by molar-refractivity contribution is 8.13. The second kappa shape index (κ2) is 14.9. The molecule has 2 aromatic rings. The molecule has 0 radical (unpaired) electrons. The summed E-state index contributed by atoms with van der Waals surface area (Å²) in [5.74, 6) is -0.730. The Hall–Kier alpha value is -3.38. The number of benzene rings is 1. The van der Waals surface area contributed by atoms with E-state index in [-0.39, 0.29) is 34.2 Å². The molecular weight excluding hydrogens is 562 g/mol. The standard InChI is InChI=1S/C34H43N3O5S/c1-5-7-8-9-10-15-30(39)43-21-28(29(38)6-2)36(4)33(40)24(20-35)19-27-22(3)26-18-23-13-11-16-37-17-12-14-25(31(23)37)32(26)42-34(27)41/h18-19,28H,5-17,21H2,1-4H3/b24-19+/t28-/m0/s1. The number of hydrogen-bond donors (Lipinski definition) is 0. The number of amides is 1. The molecule has 1 aromatic heterocycles. The second-order valence-corrected chi connectivity index (χ2v) is 12.7. The third kappa shape index (κ3) is 7.23. The zero-order valence-electron chi connectivity index (χ0n) is 25.9. The van der Waals surface area contributed by atoms with Crippen LogP contribution in [0.2, 0.25) is 0 Å². The third-order valence-corrected chi connectivity index (χ3v) is 9.74. The summed E-state index contributed by atoms with van der Waals surface area (Å²) >= 11 is 1.06. The van der Waals surface area contributed by atoms with Crippen LogP contribution in [0, 0.1) is 18.3 Å². The minimum Gasteiger partial charge on any atom is -0.422 e. The van der Waals surface area contributed by atoms with Gasteiger partial charge in [-0.1, -0.05) is 51.3 Å². The van der Waals surface area contributed by atoms with E-state index in [1.54, 1.807) is 6.92 Å². The van der Waals surface area contributed by atoms with E-state index in [4.69, 9.17) is 4.42 Å². The lowest BCUT2D eigenvalue weighted by Gasteiger charge is -2.37. The average molecular weight is 606 g/mol. The number of Topliss-reactive ketones (excluding diaryl/α,β-unsaturated/α-hetero) is 1. The van der Waals surface area contributed by atoms with Crippen molar-refractivity contribution in [3.05, 3.63) is 44.3 Å². The summed E-state index contributed by atoms with van der Waals surface area (Å²) in [6.07, 6.45) is 11.0. The van der Waals surface area contributed by atoms with Gasteiger partial charge in [0.1, 0.15) is 17.2 Å². The minimum atomic E-state index is -0.861. The van der Waals surface area contributed by atoms with Gasteiger partial charge in [-0.3, -0.25) is 14.4 Å². The Bertz CT molecular complexity index is 1520. The fourth-order valence-corrected chi connectivity index (χ4v) is 7.27. The van der Waals surface area contributed by atoms with Gasteiger partial charge in [0.15, 0.2) is 10.9 Å². The molecule has 1 aromatic carbocycles. The summed E-state index contributed by atoms with van der Waals surface area (Å²) in [5, 5.41) is 10.8. The van der Waals surface area contributed by atoms with Gasteiger partial charge < -0.3 is 14.2 Å². The van der Waals surface area contributed by atoms with Crippen molar-refractivity contribution in [3.63, 3.8) is 0 Å². The second-order valence-electron chi connectivity index (χ2n) is 11.6. The highest BCUT2D eigenvalue weighted by Crippen LogP contribution is 2.40. The number of rotatable bonds is 13. The first-order valence-corrected chi connectivity index (χ1v) is 16.6. The SMILES string of the molecule is CCCCCCCC(=O)SC[C@@H](C(=O)CC)N(C)C(=O)/C(C#N)=C/c1c(C)c2cc3c4c(c2oc1=O)CCCN4CCC3. The van der Waals surface area contributed by atoms with Gasteiger partial charge in [0.05, 0.1) is 11.6 Å². The van der Waals surface area contributed by atoms with Crippen LogP contribution in [0.4, 0.5) is 5.69 Å². The van der Waals surface area contributed by atoms with Crippen molar-refractivity contribution < 1.29 is 18.8 Å². The number of nitriles is 1. The van der Waals surface area contributed by atoms with E-state index in [0.717, 1.165) is 93.6 Å². The van der Waals surface area contributed by atoms with Gasteiger partial charge in [-0.15, -0.1) is 0 Å². The molecule has 1 amide bonds. The number of fused-ring (bicyclic) bond motifs is 2. The number of nitrogens with zero attached hydrogens (tertiary/aromatic N) is 3. The Balaban J connectivity index is 1.58. The monoisotopic (exact) mass is 605 g/mol. The number of carbonyl (C=O) groups is 3. The minimum absolute atomic E-state index is 0.00367. The number of unbranched alkanes of at least 4 members (excludes halogenated alkanes) is 4. The van der Waals surface area contributed by atoms with Crippen molar-refractivity contribution in [1.29, 1.82) is 5.26 Å². The smallest absolute Gasteiger partial charge is 0.343 e. The van der Waals surface area contributed by atoms with E-state index in [9.17, 15) is 24.4 Å². The fourth-order valence-electron chi connectivity index (χ4n) is 6.23. The predicted molar refractivity (Wildman–Crippen MR) is 172 cm³/mol. The molecule has 0 bridgehead atoms. The molecule has 2 aliphatic heterocycles. The quantitative estimate of drug-likeness (QED) is 0.116. The van der Waals surface area contributed by atoms with E-state index >= 15 is 0 Å². The number of carbonyl (C=O) groups excluding carboxylic acids is 3. The van der Waals surface area contributed by atoms with E-state index in [1.165, 1.54) is 29.3 Å². The lowest BCUT2D eigenvalue weighted by Crippen LogP contribution is -2.44. The van der Waals surface area contributed by atoms with Crippen molar-refractivity contribution in [1.82, 2.24) is 4.90 Å². The zero-order valence-corrected chi connectivity index (χ0v) is 26.7. The van der Waals surface area contributed by atoms with Crippen LogP contribution < -0.4 is 10.5 Å². The van der Waals surface area contributed by atoms with E-state index in [0.29, 0.717) is 17.6 Å². The molecule has 0 fully saturated rings. The highest BCUT2D eigenvalue weighted by Gasteiger charge is 2.30. The molecule has 0 saturated carbocycles. The lowest BCUT2D eigenvalue weighted by atomic mass is 9.88. The van der Waals surface area contributed by atoms with Gasteiger partial charge >= 0.3 is 5.63 Å². The maximum atomic E-state index is 13.5. The first-order valence-electron chi connectivity index (χ1n) is 15.7. The predicted octanol–water partition coefficient (Wildman–Crippen LogP) is 6.13. The van der Waals surface area contributed by atoms with Gasteiger partial charge in [-0.05, 0) is 62.3 Å². The molecule has 9 heteroatoms. The van der Waals surface area contributed by atoms with Crippen molar-refractivity contribution in [2.75, 3.05) is 30.8 Å². The Morgan fingerprint density at radius 2 is 1.86 bits per heavy atom. The molecular formula is C34H43N3O5S. The Kier molecular flexibility index (Phi) is 11.3. The number of thioether (sulfide) groups is 1. The van der Waals surface area contributed by atoms with Crippen LogP contribution in [-0.4, -0.2) is 53.6 Å². The molecule has 0 N–H and O–H groups in total. The number of aryl methyl sites for hydroxylation is 3. The molecule has 230 valence electrons. The van der Waals surface area contributed by atoms with Crippen LogP contribution in [0.25, 0.3) is 17.0 Å². The third-order valence-electron chi connectivity index (χ3n) is 8.73. The summed E-state index contributed by atoms with van der Waals surface area (Å²) in [6, 6.07) is 3.17. The van der Waals surface area contributed by atoms with Crippen LogP contribution in [-0.2, 0) is 27.2 Å². The molecule has 0 aliphatic carbocycles. The molecule has 3 heterocycles. The van der Waals surface area contributed by atoms with Gasteiger partial charge in [-0.2, -0.15) is 5.26 Å². The van der Waals surface area contributed by atoms with E-state index < -0.39 is 17.6 Å². The van der Waals surface area contributed by atoms with Gasteiger partial charge in [0.2, 0.25) is 0 Å². The Morgan fingerprint density at radius 1 is 1.14 bits per heavy atom. The topological polar surface area (TPSA) is 112 Å². The van der Waals surface area contributed by atoms with E-state index in [1.807, 2.05) is 13.0 Å². The van der Waals surface area contributed by atoms with Gasteiger partial charge in [-0.25, -0.2) is 4.79 Å². The van der Waals surface area contributed by atoms with Crippen molar-refractivity contribution in [2.45, 2.75) is 97.4 Å². The molecule has 2 aliphatic rings. The van der Waals surface area contributed by atoms with Crippen molar-refractivity contribution in [3.8, 4) is 6.07 Å². The van der Waals surface area contributed by atoms with Gasteiger partial charge in [0.25, 0.3) is 5.91 Å². The molecule has 0 saturated heterocycles. The van der Waals surface area contributed by atoms with Crippen molar-refractivity contribution in [2.24, 2.45) is 0 Å². The molecule has 0 unspecified atom stereocenters. The first kappa shape index (κ1) is 32.5. The summed E-state index contributed by atoms with van der Waals surface area (Å²) in [5.41, 5.74) is 4.06. The molecule has 43 heavy (non-hydrogen) atoms. The summed E-state index contributed by atoms with van der Waals surface area (Å²) in [6.45, 7) is 7.69. The maximum absolute atomic E-state index is 13.5. The lowest BCUT2D eigenvalue weighted by molar-refractivity contribution is -0.134. The molecule has 4 rings (SSSR count). The van der Waals surface area contributed by atoms with Crippen LogP contribution in [0.3, 0.4) is 0 Å². The zero-order chi connectivity index (χ0) is 31.1. The normalized spacial score (nSPS) is 15.1. The summed E-state index contributed by atoms with van der Waals surface area (Å²) in [7, 11) is 1.47. The van der Waals surface area contributed by atoms with Gasteiger partial charge in [0, 0.05) is 55.4 Å². The summed E-state index contributed by atoms with van der Waals surface area (Å²) < 4.78 is 5.90. The van der Waals surface area contributed by atoms with Crippen LogP contribution in [0.15, 0.2) is 20.9 Å². The fraction of sp³-hybridized carbons (Fsp3) is 0.559. The average Bonchev–Trinajstić information content (AvgIpc) is 3.01. The van der Waals surface area contributed by atoms with Crippen molar-refractivity contribution >= 4 is 51.3 Å². The molecule has 1 atom stereocenters. The maximum Gasteiger partial charge on any atom is 0.343 e. The van der Waals surface area contributed by atoms with Crippen LogP contribution >= 0.6 is 11.8 Å². The molecule has 8 nitrogen and oxygen atoms in total. The summed E-state index contributed by atoms with van der Waals surface area (Å²) in [4.78, 5) is 55.8. The Labute approximate surface area is 258 Å². The first-order chi connectivity index (χ1) is 20.7. The number of hydrogen-bond acceptors (Lipinski definition) is 8. The number of ketones is 1. The largest absolute Gasteiger partial charge is 0.422 e. The highest BCUT2D eigenvalue weighted by atomic mass is 32.2. The van der Waals surface area contributed by atoms with Crippen LogP contribution in [0.1, 0.15) is 93.9 Å². The molecule has 0 spiro atoms. The number of likely N-dealkylation sites (N-methyl/N-ethyl adjacent to an activating group) is 1.